The highest BCUT2D eigenvalue weighted by atomic mass is 16.4. The van der Waals surface area contributed by atoms with Gasteiger partial charge in [0, 0.05) is 24.9 Å². The molecule has 0 aromatic heterocycles. The van der Waals surface area contributed by atoms with E-state index in [2.05, 4.69) is 48.5 Å². The molecule has 3 aliphatic rings. The standard InChI is InChI=1S/C21H23NO2/c1-22(20(23)24)14-6-12-21-13-11-15(16-7-2-4-9-18(16)21)17-8-3-5-10-19(17)21/h2-5,7-10,15H,6,11-14H2,1H3,(H,23,24). The zero-order valence-corrected chi connectivity index (χ0v) is 14.0. The Bertz CT molecular complexity index is 735. The van der Waals surface area contributed by atoms with Crippen molar-refractivity contribution in [2.75, 3.05) is 13.6 Å². The summed E-state index contributed by atoms with van der Waals surface area (Å²) in [6.07, 6.45) is 3.41. The average Bonchev–Trinajstić information content (AvgIpc) is 2.62. The van der Waals surface area contributed by atoms with Crippen LogP contribution in [0, 0.1) is 0 Å². The van der Waals surface area contributed by atoms with Crippen molar-refractivity contribution >= 4 is 6.09 Å². The number of hydrogen-bond acceptors (Lipinski definition) is 1. The second-order valence-corrected chi connectivity index (χ2v) is 7.16. The lowest BCUT2D eigenvalue weighted by molar-refractivity contribution is 0.154. The largest absolute Gasteiger partial charge is 0.465 e. The third-order valence-electron chi connectivity index (χ3n) is 5.99. The summed E-state index contributed by atoms with van der Waals surface area (Å²) in [6, 6.07) is 17.7. The van der Waals surface area contributed by atoms with E-state index >= 15 is 0 Å². The number of rotatable bonds is 4. The maximum Gasteiger partial charge on any atom is 0.407 e. The van der Waals surface area contributed by atoms with Crippen LogP contribution >= 0.6 is 0 Å². The van der Waals surface area contributed by atoms with Crippen LogP contribution in [-0.4, -0.2) is 29.7 Å². The Kier molecular flexibility index (Phi) is 3.60. The normalized spacial score (nSPS) is 23.5. The van der Waals surface area contributed by atoms with Gasteiger partial charge < -0.3 is 10.0 Å². The van der Waals surface area contributed by atoms with Crippen LogP contribution in [0.5, 0.6) is 0 Å². The molecule has 0 fully saturated rings. The minimum absolute atomic E-state index is 0.0568. The molecule has 2 aromatic carbocycles. The number of benzene rings is 2. The molecule has 0 unspecified atom stereocenters. The number of carbonyl (C=O) groups is 1. The van der Waals surface area contributed by atoms with Gasteiger partial charge in [0.25, 0.3) is 0 Å². The van der Waals surface area contributed by atoms with E-state index in [0.717, 1.165) is 12.8 Å². The van der Waals surface area contributed by atoms with E-state index < -0.39 is 6.09 Å². The van der Waals surface area contributed by atoms with Crippen molar-refractivity contribution in [2.45, 2.75) is 37.0 Å². The van der Waals surface area contributed by atoms with E-state index in [9.17, 15) is 4.79 Å². The topological polar surface area (TPSA) is 40.5 Å². The second-order valence-electron chi connectivity index (χ2n) is 7.16. The molecule has 1 N–H and O–H groups in total. The van der Waals surface area contributed by atoms with Gasteiger partial charge in [-0.05, 0) is 47.9 Å². The van der Waals surface area contributed by atoms with Crippen LogP contribution in [0.25, 0.3) is 0 Å². The maximum atomic E-state index is 11.1. The molecule has 0 heterocycles. The van der Waals surface area contributed by atoms with Gasteiger partial charge in [0.05, 0.1) is 0 Å². The van der Waals surface area contributed by atoms with Gasteiger partial charge in [-0.3, -0.25) is 0 Å². The van der Waals surface area contributed by atoms with Gasteiger partial charge in [-0.2, -0.15) is 0 Å². The molecular formula is C21H23NO2. The predicted octanol–water partition coefficient (Wildman–Crippen LogP) is 4.60. The first kappa shape index (κ1) is 15.3. The summed E-state index contributed by atoms with van der Waals surface area (Å²) in [5, 5.41) is 9.09. The van der Waals surface area contributed by atoms with Crippen molar-refractivity contribution in [3.63, 3.8) is 0 Å². The fraction of sp³-hybridized carbons (Fsp3) is 0.381. The van der Waals surface area contributed by atoms with Crippen LogP contribution in [0.4, 0.5) is 4.79 Å². The molecule has 2 bridgehead atoms. The highest BCUT2D eigenvalue weighted by molar-refractivity contribution is 5.64. The Labute approximate surface area is 142 Å². The van der Waals surface area contributed by atoms with Crippen molar-refractivity contribution in [1.29, 1.82) is 0 Å². The zero-order valence-electron chi connectivity index (χ0n) is 14.0. The van der Waals surface area contributed by atoms with Crippen LogP contribution in [0.2, 0.25) is 0 Å². The third kappa shape index (κ3) is 2.15. The smallest absolute Gasteiger partial charge is 0.407 e. The van der Waals surface area contributed by atoms with Crippen LogP contribution < -0.4 is 0 Å². The van der Waals surface area contributed by atoms with Gasteiger partial charge in [0.1, 0.15) is 0 Å². The zero-order chi connectivity index (χ0) is 16.7. The highest BCUT2D eigenvalue weighted by Crippen LogP contribution is 2.57. The first-order valence-corrected chi connectivity index (χ1v) is 8.76. The quantitative estimate of drug-likeness (QED) is 0.894. The molecule has 0 saturated carbocycles. The molecule has 2 aromatic rings. The Hall–Kier alpha value is -2.29. The van der Waals surface area contributed by atoms with Crippen LogP contribution in [-0.2, 0) is 5.41 Å². The Morgan fingerprint density at radius 3 is 2.29 bits per heavy atom. The molecule has 0 saturated heterocycles. The SMILES string of the molecule is CN(CCCC12CCC(c3ccccc31)c1ccccc12)C(=O)O. The van der Waals surface area contributed by atoms with Crippen molar-refractivity contribution in [2.24, 2.45) is 0 Å². The number of fused-ring (bicyclic) bond motifs is 1. The van der Waals surface area contributed by atoms with E-state index in [1.807, 2.05) is 0 Å². The van der Waals surface area contributed by atoms with Crippen molar-refractivity contribution < 1.29 is 9.90 Å². The summed E-state index contributed by atoms with van der Waals surface area (Å²) in [5.41, 5.74) is 5.96. The number of amides is 1. The van der Waals surface area contributed by atoms with E-state index in [0.29, 0.717) is 12.5 Å². The van der Waals surface area contributed by atoms with E-state index in [-0.39, 0.29) is 5.41 Å². The second kappa shape index (κ2) is 5.66. The highest BCUT2D eigenvalue weighted by Gasteiger charge is 2.47. The van der Waals surface area contributed by atoms with Gasteiger partial charge in [-0.25, -0.2) is 4.79 Å². The van der Waals surface area contributed by atoms with Gasteiger partial charge in [-0.15, -0.1) is 0 Å². The minimum Gasteiger partial charge on any atom is -0.465 e. The summed E-state index contributed by atoms with van der Waals surface area (Å²) < 4.78 is 0. The summed E-state index contributed by atoms with van der Waals surface area (Å²) in [6.45, 7) is 0.588. The third-order valence-corrected chi connectivity index (χ3v) is 5.99. The first-order valence-electron chi connectivity index (χ1n) is 8.76. The summed E-state index contributed by atoms with van der Waals surface area (Å²) in [4.78, 5) is 12.5. The van der Waals surface area contributed by atoms with E-state index in [1.54, 1.807) is 7.05 Å². The summed E-state index contributed by atoms with van der Waals surface area (Å²) in [7, 11) is 1.65. The molecule has 124 valence electrons. The average molecular weight is 321 g/mol. The monoisotopic (exact) mass is 321 g/mol. The molecule has 0 radical (unpaired) electrons. The van der Waals surface area contributed by atoms with Crippen LogP contribution in [0.3, 0.4) is 0 Å². The molecule has 0 spiro atoms. The molecule has 3 heteroatoms. The van der Waals surface area contributed by atoms with Crippen LogP contribution in [0.1, 0.15) is 53.9 Å². The fourth-order valence-electron chi connectivity index (χ4n) is 4.87. The van der Waals surface area contributed by atoms with Gasteiger partial charge >= 0.3 is 6.09 Å². The Morgan fingerprint density at radius 1 is 1.12 bits per heavy atom. The van der Waals surface area contributed by atoms with Crippen LogP contribution in [0.15, 0.2) is 48.5 Å². The summed E-state index contributed by atoms with van der Waals surface area (Å²) in [5.74, 6) is 0.529. The molecule has 24 heavy (non-hydrogen) atoms. The Balaban J connectivity index is 1.72. The van der Waals surface area contributed by atoms with Crippen molar-refractivity contribution in [1.82, 2.24) is 4.90 Å². The molecule has 3 aliphatic carbocycles. The van der Waals surface area contributed by atoms with Gasteiger partial charge in [0.2, 0.25) is 0 Å². The van der Waals surface area contributed by atoms with E-state index in [1.165, 1.54) is 40.0 Å². The van der Waals surface area contributed by atoms with Gasteiger partial charge in [0.15, 0.2) is 0 Å². The molecule has 1 amide bonds. The maximum absolute atomic E-state index is 11.1. The number of hydrogen-bond donors (Lipinski definition) is 1. The summed E-state index contributed by atoms with van der Waals surface area (Å²) >= 11 is 0. The number of carboxylic acid groups (broad SMARTS) is 1. The molecule has 0 atom stereocenters. The number of nitrogens with zero attached hydrogens (tertiary/aromatic N) is 1. The lowest BCUT2D eigenvalue weighted by atomic mass is 9.54. The fourth-order valence-corrected chi connectivity index (χ4v) is 4.87. The lowest BCUT2D eigenvalue weighted by Crippen LogP contribution is -2.40. The van der Waals surface area contributed by atoms with Crippen molar-refractivity contribution in [3.05, 3.63) is 70.8 Å². The minimum atomic E-state index is -0.847. The Morgan fingerprint density at radius 2 is 1.71 bits per heavy atom. The van der Waals surface area contributed by atoms with Crippen molar-refractivity contribution in [3.8, 4) is 0 Å². The predicted molar refractivity (Wildman–Crippen MR) is 94.6 cm³/mol. The molecular weight excluding hydrogens is 298 g/mol. The van der Waals surface area contributed by atoms with E-state index in [4.69, 9.17) is 5.11 Å². The first-order chi connectivity index (χ1) is 11.6. The molecule has 5 rings (SSSR count). The lowest BCUT2D eigenvalue weighted by Gasteiger charge is -2.50. The van der Waals surface area contributed by atoms with Gasteiger partial charge in [-0.1, -0.05) is 48.5 Å². The molecule has 0 aliphatic heterocycles. The molecule has 3 nitrogen and oxygen atoms in total.